The summed E-state index contributed by atoms with van der Waals surface area (Å²) in [4.78, 5) is 27.3. The number of nitrogens with one attached hydrogen (secondary N) is 1. The van der Waals surface area contributed by atoms with Gasteiger partial charge in [-0.2, -0.15) is 0 Å². The Morgan fingerprint density at radius 1 is 1.07 bits per heavy atom. The van der Waals surface area contributed by atoms with Gasteiger partial charge in [0.05, 0.1) is 0 Å². The van der Waals surface area contributed by atoms with E-state index in [-0.39, 0.29) is 18.4 Å². The second-order valence-electron chi connectivity index (χ2n) is 7.04. The van der Waals surface area contributed by atoms with E-state index in [1.165, 1.54) is 5.56 Å². The number of carbonyl (C=O) groups is 2. The van der Waals surface area contributed by atoms with E-state index >= 15 is 0 Å². The first-order chi connectivity index (χ1) is 13.1. The summed E-state index contributed by atoms with van der Waals surface area (Å²) in [7, 11) is 0. The molecule has 1 aromatic carbocycles. The van der Waals surface area contributed by atoms with Gasteiger partial charge in [-0.25, -0.2) is 0 Å². The molecule has 1 heterocycles. The number of allylic oxidation sites excluding steroid dienone is 1. The van der Waals surface area contributed by atoms with Gasteiger partial charge in [-0.05, 0) is 31.2 Å². The molecule has 0 aromatic heterocycles. The fraction of sp³-hybridized carbons (Fsp3) is 0.500. The third kappa shape index (κ3) is 9.18. The minimum Gasteiger partial charge on any atom is -0.481 e. The van der Waals surface area contributed by atoms with Gasteiger partial charge in [-0.15, -0.1) is 0 Å². The van der Waals surface area contributed by atoms with Crippen molar-refractivity contribution in [3.63, 3.8) is 0 Å². The van der Waals surface area contributed by atoms with E-state index in [2.05, 4.69) is 34.6 Å². The van der Waals surface area contributed by atoms with Crippen LogP contribution in [0, 0.1) is 0 Å². The van der Waals surface area contributed by atoms with E-state index in [1.807, 2.05) is 18.4 Å². The van der Waals surface area contributed by atoms with Crippen LogP contribution in [0.25, 0.3) is 0 Å². The van der Waals surface area contributed by atoms with E-state index in [9.17, 15) is 9.59 Å². The maximum Gasteiger partial charge on any atom is 0.303 e. The smallest absolute Gasteiger partial charge is 0.303 e. The largest absolute Gasteiger partial charge is 0.481 e. The van der Waals surface area contributed by atoms with Gasteiger partial charge < -0.3 is 10.4 Å². The molecule has 2 rings (SSSR count). The molecule has 0 unspecified atom stereocenters. The third-order valence-corrected chi connectivity index (χ3v) is 4.71. The lowest BCUT2D eigenvalue weighted by molar-refractivity contribution is -0.137. The maximum atomic E-state index is 12.2. The molecule has 0 bridgehead atoms. The lowest BCUT2D eigenvalue weighted by Crippen LogP contribution is -2.35. The van der Waals surface area contributed by atoms with Crippen LogP contribution in [0.5, 0.6) is 0 Å². The molecule has 1 aliphatic rings. The van der Waals surface area contributed by atoms with Crippen LogP contribution in [-0.2, 0) is 16.0 Å². The molecule has 0 saturated heterocycles. The highest BCUT2D eigenvalue weighted by Gasteiger charge is 2.16. The number of hydrogen-bond donors (Lipinski definition) is 2. The number of benzene rings is 1. The quantitative estimate of drug-likeness (QED) is 0.509. The SMILES string of the molecule is O=C(O)CC[C@@H](CC1=CCC=N1)NC(=O)CCCCCCc1ccccc1. The molecule has 5 heteroatoms. The van der Waals surface area contributed by atoms with Gasteiger partial charge in [0, 0.05) is 43.6 Å². The van der Waals surface area contributed by atoms with Crippen molar-refractivity contribution in [3.8, 4) is 0 Å². The summed E-state index contributed by atoms with van der Waals surface area (Å²) in [5.74, 6) is -0.826. The van der Waals surface area contributed by atoms with Crippen LogP contribution in [0.3, 0.4) is 0 Å². The van der Waals surface area contributed by atoms with Crippen LogP contribution in [0.4, 0.5) is 0 Å². The van der Waals surface area contributed by atoms with Crippen LogP contribution in [0.2, 0.25) is 0 Å². The molecular formula is C22H30N2O3. The van der Waals surface area contributed by atoms with Crippen LogP contribution >= 0.6 is 0 Å². The second kappa shape index (κ2) is 12.0. The number of aliphatic imine (C=N–C) groups is 1. The number of aliphatic carboxylic acids is 1. The molecule has 1 aliphatic heterocycles. The van der Waals surface area contributed by atoms with Crippen LogP contribution in [0.15, 0.2) is 47.1 Å². The molecule has 0 fully saturated rings. The van der Waals surface area contributed by atoms with Crippen molar-refractivity contribution in [3.05, 3.63) is 47.7 Å². The van der Waals surface area contributed by atoms with E-state index in [1.54, 1.807) is 0 Å². The Morgan fingerprint density at radius 3 is 2.56 bits per heavy atom. The van der Waals surface area contributed by atoms with Crippen LogP contribution < -0.4 is 5.32 Å². The van der Waals surface area contributed by atoms with Crippen molar-refractivity contribution in [2.75, 3.05) is 0 Å². The van der Waals surface area contributed by atoms with Crippen molar-refractivity contribution in [1.82, 2.24) is 5.32 Å². The zero-order chi connectivity index (χ0) is 19.3. The molecule has 1 atom stereocenters. The Morgan fingerprint density at radius 2 is 1.85 bits per heavy atom. The lowest BCUT2D eigenvalue weighted by Gasteiger charge is -2.18. The zero-order valence-corrected chi connectivity index (χ0v) is 15.9. The highest BCUT2D eigenvalue weighted by Crippen LogP contribution is 2.16. The first-order valence-electron chi connectivity index (χ1n) is 9.90. The molecule has 1 amide bonds. The number of carbonyl (C=O) groups excluding carboxylic acids is 1. The summed E-state index contributed by atoms with van der Waals surface area (Å²) < 4.78 is 0. The standard InChI is InChI=1S/C22H30N2O3/c25-21(13-7-2-1-4-9-18-10-5-3-6-11-18)24-20(14-15-22(26)27)17-19-12-8-16-23-19/h3,5-6,10-12,16,20H,1-2,4,7-9,13-15,17H2,(H,24,25)(H,26,27)/t20-/m0/s1. The molecular weight excluding hydrogens is 340 g/mol. The van der Waals surface area contributed by atoms with Crippen molar-refractivity contribution in [1.29, 1.82) is 0 Å². The molecule has 146 valence electrons. The fourth-order valence-electron chi connectivity index (χ4n) is 3.24. The number of unbranched alkanes of at least 4 members (excludes halogenated alkanes) is 3. The van der Waals surface area contributed by atoms with E-state index in [0.29, 0.717) is 19.3 Å². The highest BCUT2D eigenvalue weighted by atomic mass is 16.4. The summed E-state index contributed by atoms with van der Waals surface area (Å²) >= 11 is 0. The number of carboxylic acids is 1. The summed E-state index contributed by atoms with van der Waals surface area (Å²) in [6.07, 6.45) is 11.5. The van der Waals surface area contributed by atoms with Gasteiger partial charge in [0.2, 0.25) is 5.91 Å². The van der Waals surface area contributed by atoms with Crippen LogP contribution in [-0.4, -0.2) is 29.2 Å². The number of nitrogens with zero attached hydrogens (tertiary/aromatic N) is 1. The first kappa shape index (κ1) is 20.9. The van der Waals surface area contributed by atoms with Gasteiger partial charge in [0.1, 0.15) is 0 Å². The average Bonchev–Trinajstić information content (AvgIpc) is 3.16. The van der Waals surface area contributed by atoms with E-state index < -0.39 is 5.97 Å². The number of carboxylic acid groups (broad SMARTS) is 1. The van der Waals surface area contributed by atoms with Gasteiger partial charge in [-0.3, -0.25) is 14.6 Å². The lowest BCUT2D eigenvalue weighted by atomic mass is 10.0. The highest BCUT2D eigenvalue weighted by molar-refractivity contribution is 5.76. The Bertz CT molecular complexity index is 653. The zero-order valence-electron chi connectivity index (χ0n) is 15.9. The second-order valence-corrected chi connectivity index (χ2v) is 7.04. The van der Waals surface area contributed by atoms with Crippen LogP contribution in [0.1, 0.15) is 63.4 Å². The third-order valence-electron chi connectivity index (χ3n) is 4.71. The Hall–Kier alpha value is -2.43. The minimum atomic E-state index is -0.837. The van der Waals surface area contributed by atoms with Crippen molar-refractivity contribution in [2.45, 2.75) is 70.3 Å². The summed E-state index contributed by atoms with van der Waals surface area (Å²) in [6, 6.07) is 10.3. The van der Waals surface area contributed by atoms with Gasteiger partial charge in [-0.1, -0.05) is 49.2 Å². The summed E-state index contributed by atoms with van der Waals surface area (Å²) in [5, 5.41) is 11.9. The number of aryl methyl sites for hydroxylation is 1. The van der Waals surface area contributed by atoms with Gasteiger partial charge in [0.25, 0.3) is 0 Å². The molecule has 5 nitrogen and oxygen atoms in total. The van der Waals surface area contributed by atoms with Crippen molar-refractivity contribution >= 4 is 18.1 Å². The molecule has 0 spiro atoms. The number of amides is 1. The first-order valence-corrected chi connectivity index (χ1v) is 9.90. The number of hydrogen-bond acceptors (Lipinski definition) is 3. The Balaban J connectivity index is 1.62. The predicted octanol–water partition coefficient (Wildman–Crippen LogP) is 4.28. The van der Waals surface area contributed by atoms with E-state index in [4.69, 9.17) is 5.11 Å². The van der Waals surface area contributed by atoms with E-state index in [0.717, 1.165) is 44.2 Å². The molecule has 1 aromatic rings. The normalized spacial score (nSPS) is 14.0. The molecule has 0 saturated carbocycles. The summed E-state index contributed by atoms with van der Waals surface area (Å²) in [6.45, 7) is 0. The Labute approximate surface area is 161 Å². The predicted molar refractivity (Wildman–Crippen MR) is 108 cm³/mol. The number of rotatable bonds is 13. The van der Waals surface area contributed by atoms with Gasteiger partial charge in [0.15, 0.2) is 0 Å². The minimum absolute atomic E-state index is 0.0102. The summed E-state index contributed by atoms with van der Waals surface area (Å²) in [5.41, 5.74) is 2.30. The molecule has 0 aliphatic carbocycles. The fourth-order valence-corrected chi connectivity index (χ4v) is 3.24. The average molecular weight is 370 g/mol. The van der Waals surface area contributed by atoms with Gasteiger partial charge >= 0.3 is 5.97 Å². The Kier molecular flexibility index (Phi) is 9.31. The molecule has 27 heavy (non-hydrogen) atoms. The monoisotopic (exact) mass is 370 g/mol. The van der Waals surface area contributed by atoms with Crippen molar-refractivity contribution < 1.29 is 14.7 Å². The maximum absolute atomic E-state index is 12.2. The topological polar surface area (TPSA) is 78.8 Å². The van der Waals surface area contributed by atoms with Crippen molar-refractivity contribution in [2.24, 2.45) is 4.99 Å². The molecule has 2 N–H and O–H groups in total. The molecule has 0 radical (unpaired) electrons.